The fourth-order valence-corrected chi connectivity index (χ4v) is 4.46. The largest absolute Gasteiger partial charge is 0.309 e. The van der Waals surface area contributed by atoms with Gasteiger partial charge in [0.2, 0.25) is 0 Å². The zero-order valence-electron chi connectivity index (χ0n) is 12.5. The van der Waals surface area contributed by atoms with Crippen molar-refractivity contribution in [3.05, 3.63) is 32.7 Å². The highest BCUT2D eigenvalue weighted by molar-refractivity contribution is 9.11. The lowest BCUT2D eigenvalue weighted by Crippen LogP contribution is -2.37. The second kappa shape index (κ2) is 7.42. The highest BCUT2D eigenvalue weighted by atomic mass is 79.9. The van der Waals surface area contributed by atoms with E-state index in [0.29, 0.717) is 11.5 Å². The van der Waals surface area contributed by atoms with Crippen LogP contribution in [0.3, 0.4) is 0 Å². The average molecular weight is 403 g/mol. The van der Waals surface area contributed by atoms with Crippen molar-refractivity contribution in [3.63, 3.8) is 0 Å². The lowest BCUT2D eigenvalue weighted by molar-refractivity contribution is 0.186. The van der Waals surface area contributed by atoms with E-state index in [1.807, 2.05) is 0 Å². The first-order valence-electron chi connectivity index (χ1n) is 7.81. The molecule has 0 aromatic heterocycles. The molecule has 0 aliphatic heterocycles. The number of nitrogens with one attached hydrogen (secondary N) is 1. The van der Waals surface area contributed by atoms with E-state index < -0.39 is 0 Å². The van der Waals surface area contributed by atoms with Crippen LogP contribution in [-0.4, -0.2) is 6.54 Å². The Bertz CT molecular complexity index is 439. The Balaban J connectivity index is 2.38. The quantitative estimate of drug-likeness (QED) is 0.595. The van der Waals surface area contributed by atoms with E-state index in [1.165, 1.54) is 53.0 Å². The monoisotopic (exact) mass is 401 g/mol. The zero-order chi connectivity index (χ0) is 14.6. The summed E-state index contributed by atoms with van der Waals surface area (Å²) in [5.74, 6) is 0. The third kappa shape index (κ3) is 3.48. The van der Waals surface area contributed by atoms with Crippen molar-refractivity contribution in [2.75, 3.05) is 6.54 Å². The second-order valence-electron chi connectivity index (χ2n) is 5.98. The topological polar surface area (TPSA) is 12.0 Å². The molecule has 2 rings (SSSR count). The van der Waals surface area contributed by atoms with Gasteiger partial charge in [0.05, 0.1) is 0 Å². The van der Waals surface area contributed by atoms with E-state index in [9.17, 15) is 0 Å². The number of rotatable bonds is 6. The van der Waals surface area contributed by atoms with Gasteiger partial charge in [-0.05, 0) is 61.4 Å². The van der Waals surface area contributed by atoms with Crippen LogP contribution in [0, 0.1) is 5.41 Å². The highest BCUT2D eigenvalue weighted by Crippen LogP contribution is 2.51. The molecule has 0 heterocycles. The molecule has 1 fully saturated rings. The lowest BCUT2D eigenvalue weighted by Gasteiger charge is -2.38. The van der Waals surface area contributed by atoms with Crippen molar-refractivity contribution in [2.24, 2.45) is 5.41 Å². The van der Waals surface area contributed by atoms with Crippen molar-refractivity contribution < 1.29 is 0 Å². The molecule has 0 saturated heterocycles. The number of hydrogen-bond acceptors (Lipinski definition) is 1. The molecule has 1 nitrogen and oxygen atoms in total. The van der Waals surface area contributed by atoms with Crippen LogP contribution < -0.4 is 5.32 Å². The second-order valence-corrected chi connectivity index (χ2v) is 7.75. The Labute approximate surface area is 140 Å². The summed E-state index contributed by atoms with van der Waals surface area (Å²) >= 11 is 7.39. The molecule has 112 valence electrons. The Morgan fingerprint density at radius 3 is 2.50 bits per heavy atom. The van der Waals surface area contributed by atoms with E-state index in [1.54, 1.807) is 0 Å². The predicted octanol–water partition coefficient (Wildman–Crippen LogP) is 6.22. The van der Waals surface area contributed by atoms with Gasteiger partial charge in [0.15, 0.2) is 0 Å². The van der Waals surface area contributed by atoms with E-state index in [2.05, 4.69) is 69.2 Å². The van der Waals surface area contributed by atoms with Crippen LogP contribution in [0.15, 0.2) is 27.1 Å². The molecule has 0 bridgehead atoms. The molecule has 0 radical (unpaired) electrons. The van der Waals surface area contributed by atoms with E-state index in [0.717, 1.165) is 6.54 Å². The molecule has 20 heavy (non-hydrogen) atoms. The van der Waals surface area contributed by atoms with Crippen molar-refractivity contribution in [2.45, 2.75) is 58.4 Å². The number of hydrogen-bond donors (Lipinski definition) is 1. The van der Waals surface area contributed by atoms with Gasteiger partial charge in [0.1, 0.15) is 0 Å². The van der Waals surface area contributed by atoms with Gasteiger partial charge in [-0.25, -0.2) is 0 Å². The van der Waals surface area contributed by atoms with Crippen molar-refractivity contribution in [1.82, 2.24) is 5.32 Å². The molecular formula is C17H25Br2N. The molecule has 1 unspecified atom stereocenters. The summed E-state index contributed by atoms with van der Waals surface area (Å²) in [4.78, 5) is 0. The first kappa shape index (κ1) is 16.5. The van der Waals surface area contributed by atoms with Gasteiger partial charge in [0, 0.05) is 15.0 Å². The standard InChI is InChI=1S/C17H25Br2N/c1-3-11-20-16(17(4-2)9-5-6-10-17)14-12-13(18)7-8-15(14)19/h7-8,12,16,20H,3-6,9-11H2,1-2H3. The van der Waals surface area contributed by atoms with Crippen LogP contribution in [0.4, 0.5) is 0 Å². The minimum absolute atomic E-state index is 0.429. The molecule has 1 aromatic carbocycles. The Kier molecular flexibility index (Phi) is 6.12. The van der Waals surface area contributed by atoms with Gasteiger partial charge < -0.3 is 5.32 Å². The van der Waals surface area contributed by atoms with Crippen LogP contribution in [-0.2, 0) is 0 Å². The van der Waals surface area contributed by atoms with Crippen LogP contribution in [0.5, 0.6) is 0 Å². The van der Waals surface area contributed by atoms with Crippen molar-refractivity contribution in [3.8, 4) is 0 Å². The molecule has 1 atom stereocenters. The highest BCUT2D eigenvalue weighted by Gasteiger charge is 2.40. The summed E-state index contributed by atoms with van der Waals surface area (Å²) in [5.41, 5.74) is 1.84. The molecule has 1 aliphatic rings. The summed E-state index contributed by atoms with van der Waals surface area (Å²) in [7, 11) is 0. The van der Waals surface area contributed by atoms with Gasteiger partial charge in [0.25, 0.3) is 0 Å². The fraction of sp³-hybridized carbons (Fsp3) is 0.647. The first-order valence-corrected chi connectivity index (χ1v) is 9.40. The first-order chi connectivity index (χ1) is 9.63. The fourth-order valence-electron chi connectivity index (χ4n) is 3.61. The summed E-state index contributed by atoms with van der Waals surface area (Å²) in [5, 5.41) is 3.84. The average Bonchev–Trinajstić information content (AvgIpc) is 2.93. The van der Waals surface area contributed by atoms with Crippen molar-refractivity contribution >= 4 is 31.9 Å². The zero-order valence-corrected chi connectivity index (χ0v) is 15.7. The van der Waals surface area contributed by atoms with Gasteiger partial charge in [-0.2, -0.15) is 0 Å². The van der Waals surface area contributed by atoms with Gasteiger partial charge >= 0.3 is 0 Å². The SMILES string of the molecule is CCCNC(c1cc(Br)ccc1Br)C1(CC)CCCC1. The maximum Gasteiger partial charge on any atom is 0.0388 e. The molecule has 3 heteroatoms. The number of benzene rings is 1. The molecule has 1 saturated carbocycles. The van der Waals surface area contributed by atoms with E-state index in [-0.39, 0.29) is 0 Å². The summed E-state index contributed by atoms with van der Waals surface area (Å²) in [6, 6.07) is 7.02. The van der Waals surface area contributed by atoms with E-state index >= 15 is 0 Å². The Hall–Kier alpha value is 0.140. The van der Waals surface area contributed by atoms with E-state index in [4.69, 9.17) is 0 Å². The Morgan fingerprint density at radius 2 is 1.90 bits per heavy atom. The molecule has 1 N–H and O–H groups in total. The van der Waals surface area contributed by atoms with Gasteiger partial charge in [-0.3, -0.25) is 0 Å². The van der Waals surface area contributed by atoms with Crippen LogP contribution >= 0.6 is 31.9 Å². The normalized spacial score (nSPS) is 19.2. The van der Waals surface area contributed by atoms with Crippen LogP contribution in [0.25, 0.3) is 0 Å². The molecule has 0 spiro atoms. The summed E-state index contributed by atoms with van der Waals surface area (Å²) in [6.07, 6.45) is 7.90. The van der Waals surface area contributed by atoms with Crippen LogP contribution in [0.1, 0.15) is 64.0 Å². The maximum absolute atomic E-state index is 3.84. The maximum atomic E-state index is 3.84. The van der Waals surface area contributed by atoms with Gasteiger partial charge in [-0.1, -0.05) is 58.5 Å². The summed E-state index contributed by atoms with van der Waals surface area (Å²) < 4.78 is 2.40. The predicted molar refractivity (Wildman–Crippen MR) is 94.1 cm³/mol. The van der Waals surface area contributed by atoms with Gasteiger partial charge in [-0.15, -0.1) is 0 Å². The number of halogens is 2. The molecule has 1 aliphatic carbocycles. The minimum Gasteiger partial charge on any atom is -0.309 e. The lowest BCUT2D eigenvalue weighted by atomic mass is 9.73. The smallest absolute Gasteiger partial charge is 0.0388 e. The van der Waals surface area contributed by atoms with Crippen molar-refractivity contribution in [1.29, 1.82) is 0 Å². The molecule has 1 aromatic rings. The molecule has 0 amide bonds. The third-order valence-corrected chi connectivity index (χ3v) is 6.00. The Morgan fingerprint density at radius 1 is 1.20 bits per heavy atom. The minimum atomic E-state index is 0.429. The third-order valence-electron chi connectivity index (χ3n) is 4.78. The van der Waals surface area contributed by atoms with Crippen LogP contribution in [0.2, 0.25) is 0 Å². The molecular weight excluding hydrogens is 378 g/mol. The summed E-state index contributed by atoms with van der Waals surface area (Å²) in [6.45, 7) is 5.69.